The molecule has 0 aromatic carbocycles. The van der Waals surface area contributed by atoms with Crippen LogP contribution in [0.1, 0.15) is 13.3 Å². The van der Waals surface area contributed by atoms with Gasteiger partial charge in [0, 0.05) is 0 Å². The summed E-state index contributed by atoms with van der Waals surface area (Å²) in [7, 11) is -0.248. The zero-order chi connectivity index (χ0) is 9.83. The summed E-state index contributed by atoms with van der Waals surface area (Å²) in [5.41, 5.74) is 0. The average Bonchev–Trinajstić information content (AvgIpc) is 1.85. The van der Waals surface area contributed by atoms with Crippen molar-refractivity contribution in [3.63, 3.8) is 0 Å². The van der Waals surface area contributed by atoms with Crippen LogP contribution in [0.4, 0.5) is 0 Å². The van der Waals surface area contributed by atoms with Crippen molar-refractivity contribution in [2.45, 2.75) is 45.6 Å². The van der Waals surface area contributed by atoms with Crippen molar-refractivity contribution in [1.29, 1.82) is 0 Å². The summed E-state index contributed by atoms with van der Waals surface area (Å²) < 4.78 is 11.2. The Balaban J connectivity index is 4.04. The van der Waals surface area contributed by atoms with Crippen molar-refractivity contribution >= 4 is 27.4 Å². The molecule has 0 amide bonds. The van der Waals surface area contributed by atoms with E-state index in [0.717, 1.165) is 0 Å². The van der Waals surface area contributed by atoms with Gasteiger partial charge in [-0.25, -0.2) is 0 Å². The van der Waals surface area contributed by atoms with E-state index in [4.69, 9.17) is 8.23 Å². The van der Waals surface area contributed by atoms with E-state index in [2.05, 4.69) is 43.6 Å². The Hall–Kier alpha value is 0.571. The van der Waals surface area contributed by atoms with E-state index >= 15 is 0 Å². The first kappa shape index (κ1) is 12.6. The van der Waals surface area contributed by atoms with Crippen molar-refractivity contribution in [2.24, 2.45) is 0 Å². The molecule has 71 valence electrons. The van der Waals surface area contributed by atoms with Crippen LogP contribution < -0.4 is 0 Å². The highest BCUT2D eigenvalue weighted by Gasteiger charge is 2.32. The van der Waals surface area contributed by atoms with E-state index in [1.165, 1.54) is 12.5 Å². The van der Waals surface area contributed by atoms with E-state index in [-0.39, 0.29) is 0 Å². The van der Waals surface area contributed by atoms with Gasteiger partial charge in [0.2, 0.25) is 10.5 Å². The fraction of sp³-hybridized carbons (Fsp3) is 1.00. The van der Waals surface area contributed by atoms with Crippen LogP contribution in [0.2, 0.25) is 32.2 Å². The molecule has 0 aliphatic rings. The van der Waals surface area contributed by atoms with Crippen molar-refractivity contribution in [2.75, 3.05) is 0 Å². The van der Waals surface area contributed by atoms with Crippen LogP contribution in [0.15, 0.2) is 0 Å². The maximum atomic E-state index is 6.02. The molecular weight excluding hydrogens is 200 g/mol. The molecule has 0 aromatic rings. The van der Waals surface area contributed by atoms with Gasteiger partial charge in [0.25, 0.3) is 0 Å². The van der Waals surface area contributed by atoms with Gasteiger partial charge >= 0.3 is 8.56 Å². The molecule has 0 spiro atoms. The van der Waals surface area contributed by atoms with Gasteiger partial charge in [0.1, 0.15) is 0 Å². The minimum atomic E-state index is -1.87. The lowest BCUT2D eigenvalue weighted by Crippen LogP contribution is -2.45. The predicted octanol–water partition coefficient (Wildman–Crippen LogP) is 2.42. The van der Waals surface area contributed by atoms with Gasteiger partial charge in [-0.05, 0) is 32.2 Å². The maximum Gasteiger partial charge on any atom is 0.310 e. The second kappa shape index (κ2) is 4.71. The van der Waals surface area contributed by atoms with E-state index < -0.39 is 16.9 Å². The van der Waals surface area contributed by atoms with Crippen LogP contribution in [0.5, 0.6) is 0 Å². The lowest BCUT2D eigenvalue weighted by molar-refractivity contribution is 0.413. The first-order valence-corrected chi connectivity index (χ1v) is 10.7. The minimum Gasteiger partial charge on any atom is -0.437 e. The summed E-state index contributed by atoms with van der Waals surface area (Å²) in [6.07, 6.45) is 1.20. The van der Waals surface area contributed by atoms with Gasteiger partial charge in [-0.15, -0.1) is 0 Å². The van der Waals surface area contributed by atoms with Crippen LogP contribution in [-0.2, 0) is 8.23 Å². The summed E-state index contributed by atoms with van der Waals surface area (Å²) >= 11 is 0. The second-order valence-corrected chi connectivity index (χ2v) is 12.6. The summed E-state index contributed by atoms with van der Waals surface area (Å²) in [4.78, 5) is 0. The lowest BCUT2D eigenvalue weighted by atomic mass is 10.6. The first-order valence-electron chi connectivity index (χ1n) is 4.38. The molecule has 0 aromatic heterocycles. The summed E-state index contributed by atoms with van der Waals surface area (Å²) in [6, 6.07) is 1.21. The largest absolute Gasteiger partial charge is 0.437 e. The molecule has 3 radical (unpaired) electrons. The molecule has 0 bridgehead atoms. The molecule has 0 aliphatic carbocycles. The van der Waals surface area contributed by atoms with Gasteiger partial charge in [0.05, 0.1) is 0 Å². The highest BCUT2D eigenvalue weighted by atomic mass is 28.5. The van der Waals surface area contributed by atoms with Gasteiger partial charge in [-0.3, -0.25) is 0 Å². The molecule has 0 heterocycles. The van der Waals surface area contributed by atoms with Crippen molar-refractivity contribution < 1.29 is 8.23 Å². The van der Waals surface area contributed by atoms with E-state index in [0.29, 0.717) is 0 Å². The molecule has 0 fully saturated rings. The van der Waals surface area contributed by atoms with Crippen LogP contribution in [-0.4, -0.2) is 27.4 Å². The van der Waals surface area contributed by atoms with E-state index in [1.54, 1.807) is 0 Å². The normalized spacial score (nSPS) is 13.5. The molecule has 0 unspecified atom stereocenters. The lowest BCUT2D eigenvalue weighted by Gasteiger charge is -2.32. The first-order chi connectivity index (χ1) is 5.33. The fourth-order valence-electron chi connectivity index (χ4n) is 1.34. The summed E-state index contributed by atoms with van der Waals surface area (Å²) in [5, 5.41) is 0. The Kier molecular flexibility index (Phi) is 4.93. The zero-order valence-electron chi connectivity index (χ0n) is 8.73. The molecule has 2 nitrogen and oxygen atoms in total. The molecule has 0 aliphatic heterocycles. The van der Waals surface area contributed by atoms with E-state index in [1.807, 2.05) is 0 Å². The number of hydrogen-bond donors (Lipinski definition) is 0. The quantitative estimate of drug-likeness (QED) is 0.661. The number of hydrogen-bond acceptors (Lipinski definition) is 2. The molecule has 5 heteroatoms. The summed E-state index contributed by atoms with van der Waals surface area (Å²) in [6.45, 7) is 10.8. The molecule has 0 atom stereocenters. The molecule has 0 saturated heterocycles. The third-order valence-corrected chi connectivity index (χ3v) is 9.47. The second-order valence-electron chi connectivity index (χ2n) is 4.11. The fourth-order valence-corrected chi connectivity index (χ4v) is 8.82. The molecule has 12 heavy (non-hydrogen) atoms. The van der Waals surface area contributed by atoms with Crippen molar-refractivity contribution in [3.05, 3.63) is 0 Å². The Morgan fingerprint density at radius 2 is 1.67 bits per heavy atom. The molecular formula is C7H19O2Si3. The van der Waals surface area contributed by atoms with Crippen LogP contribution in [0.25, 0.3) is 0 Å². The smallest absolute Gasteiger partial charge is 0.310 e. The van der Waals surface area contributed by atoms with Crippen molar-refractivity contribution in [3.8, 4) is 0 Å². The van der Waals surface area contributed by atoms with Gasteiger partial charge < -0.3 is 8.23 Å². The standard InChI is InChI=1S/C7H19O2Si3/c1-6-7-11(2,3)9-12(4,5)8-10/h6-7H2,1-5H3. The molecule has 0 rings (SSSR count). The zero-order valence-corrected chi connectivity index (χ0v) is 11.7. The Morgan fingerprint density at radius 1 is 1.17 bits per heavy atom. The summed E-state index contributed by atoms with van der Waals surface area (Å²) in [5.74, 6) is 0. The van der Waals surface area contributed by atoms with E-state index in [9.17, 15) is 0 Å². The maximum absolute atomic E-state index is 6.02. The third-order valence-electron chi connectivity index (χ3n) is 1.62. The van der Waals surface area contributed by atoms with Crippen molar-refractivity contribution in [1.82, 2.24) is 0 Å². The van der Waals surface area contributed by atoms with Crippen LogP contribution >= 0.6 is 0 Å². The minimum absolute atomic E-state index is 1.20. The monoisotopic (exact) mass is 219 g/mol. The molecule has 0 N–H and O–H groups in total. The predicted molar refractivity (Wildman–Crippen MR) is 58.0 cm³/mol. The average molecular weight is 219 g/mol. The SMILES string of the molecule is CCC[Si](C)(C)O[Si](C)(C)O[Si]. The van der Waals surface area contributed by atoms with Gasteiger partial charge in [-0.1, -0.05) is 13.3 Å². The highest BCUT2D eigenvalue weighted by molar-refractivity contribution is 6.83. The third kappa shape index (κ3) is 5.26. The van der Waals surface area contributed by atoms with Gasteiger partial charge in [-0.2, -0.15) is 0 Å². The Morgan fingerprint density at radius 3 is 2.00 bits per heavy atom. The Labute approximate surface area is 81.6 Å². The van der Waals surface area contributed by atoms with Gasteiger partial charge in [0.15, 0.2) is 8.32 Å². The van der Waals surface area contributed by atoms with Crippen LogP contribution in [0.3, 0.4) is 0 Å². The topological polar surface area (TPSA) is 18.5 Å². The van der Waals surface area contributed by atoms with Crippen LogP contribution in [0, 0.1) is 0 Å². The highest BCUT2D eigenvalue weighted by Crippen LogP contribution is 2.19. The Bertz CT molecular complexity index is 137. The number of rotatable bonds is 5. The molecule has 0 saturated carbocycles.